The number of benzene rings is 3. The van der Waals surface area contributed by atoms with Crippen molar-refractivity contribution in [3.8, 4) is 0 Å². The molecule has 199 valence electrons. The van der Waals surface area contributed by atoms with E-state index in [9.17, 15) is 4.39 Å². The van der Waals surface area contributed by atoms with Gasteiger partial charge >= 0.3 is 0 Å². The second-order valence-corrected chi connectivity index (χ2v) is 8.83. The van der Waals surface area contributed by atoms with Crippen molar-refractivity contribution < 1.29 is 24.8 Å². The van der Waals surface area contributed by atoms with Crippen LogP contribution in [0, 0.1) is 31.6 Å². The van der Waals surface area contributed by atoms with Crippen molar-refractivity contribution in [2.24, 2.45) is 11.7 Å². The first-order valence-electron chi connectivity index (χ1n) is 12.6. The number of nitrogens with zero attached hydrogens (tertiary/aromatic N) is 1. The van der Waals surface area contributed by atoms with Crippen LogP contribution in [0.2, 0.25) is 0 Å². The summed E-state index contributed by atoms with van der Waals surface area (Å²) in [5, 5.41) is 11.8. The van der Waals surface area contributed by atoms with Gasteiger partial charge in [-0.1, -0.05) is 31.2 Å². The van der Waals surface area contributed by atoms with Crippen molar-refractivity contribution in [1.29, 1.82) is 0 Å². The molecule has 1 unspecified atom stereocenters. The topological polar surface area (TPSA) is 66.7 Å². The van der Waals surface area contributed by atoms with Gasteiger partial charge in [-0.3, -0.25) is 5.10 Å². The molecule has 37 heavy (non-hydrogen) atoms. The van der Waals surface area contributed by atoms with Crippen LogP contribution >= 0.6 is 0 Å². The Morgan fingerprint density at radius 2 is 1.84 bits per heavy atom. The molecule has 1 aromatic heterocycles. The number of halogens is 1. The zero-order chi connectivity index (χ0) is 26.2. The van der Waals surface area contributed by atoms with Gasteiger partial charge in [0, 0.05) is 25.8 Å². The first kappa shape index (κ1) is 32.4. The van der Waals surface area contributed by atoms with Crippen molar-refractivity contribution in [2.45, 2.75) is 46.1 Å². The maximum atomic E-state index is 12.3. The summed E-state index contributed by atoms with van der Waals surface area (Å²) >= 11 is 0. The standard InChI is InChI=1S/C14H19N3.C8H10N.C7H7F.C2H4.Re/c1-2-12(9-15-7-1)4-3-11-5-6-14-13(8-11)10-16-17-14;1-7-4-2-3-5-8(7)6-9;1-6-4-2-3-5-7(6)8;1-2;/h5-6,8,10,12,15H,1-4,7,9H2,(H,16,17);2-4H,6,9H2,1H3;2-5H,1H3;1-2H2;/q;-1;;;. The van der Waals surface area contributed by atoms with E-state index < -0.39 is 0 Å². The number of aromatic nitrogens is 2. The summed E-state index contributed by atoms with van der Waals surface area (Å²) < 4.78 is 12.3. The minimum absolute atomic E-state index is 0. The molecule has 0 bridgehead atoms. The molecule has 1 atom stereocenters. The van der Waals surface area contributed by atoms with E-state index >= 15 is 0 Å². The molecule has 6 heteroatoms. The first-order valence-corrected chi connectivity index (χ1v) is 12.6. The Balaban J connectivity index is 0.000000292. The minimum Gasteiger partial charge on any atom is -0.328 e. The normalized spacial score (nSPS) is 14.0. The first-order chi connectivity index (χ1) is 17.6. The fraction of sp³-hybridized carbons (Fsp3) is 0.323. The van der Waals surface area contributed by atoms with Crippen molar-refractivity contribution in [3.63, 3.8) is 0 Å². The molecule has 4 N–H and O–H groups in total. The van der Waals surface area contributed by atoms with Crippen LogP contribution in [-0.2, 0) is 33.4 Å². The van der Waals surface area contributed by atoms with Crippen molar-refractivity contribution in [3.05, 3.63) is 114 Å². The zero-order valence-electron chi connectivity index (χ0n) is 22.1. The molecule has 3 aromatic carbocycles. The van der Waals surface area contributed by atoms with Crippen molar-refractivity contribution >= 4 is 10.9 Å². The Kier molecular flexibility index (Phi) is 16.3. The number of aryl methyl sites for hydroxylation is 3. The molecule has 0 saturated carbocycles. The van der Waals surface area contributed by atoms with Gasteiger partial charge in [0.15, 0.2) is 0 Å². The van der Waals surface area contributed by atoms with Crippen LogP contribution in [0.3, 0.4) is 0 Å². The van der Waals surface area contributed by atoms with Gasteiger partial charge in [0.05, 0.1) is 11.7 Å². The van der Waals surface area contributed by atoms with Gasteiger partial charge in [-0.2, -0.15) is 34.9 Å². The third kappa shape index (κ3) is 11.5. The average Bonchev–Trinajstić information content (AvgIpc) is 3.40. The maximum absolute atomic E-state index is 12.3. The second-order valence-electron chi connectivity index (χ2n) is 8.83. The molecule has 5 rings (SSSR count). The Bertz CT molecular complexity index is 1130. The molecule has 0 aliphatic carbocycles. The fourth-order valence-electron chi connectivity index (χ4n) is 4.02. The van der Waals surface area contributed by atoms with Crippen LogP contribution in [0.5, 0.6) is 0 Å². The summed E-state index contributed by atoms with van der Waals surface area (Å²) in [7, 11) is 0. The predicted molar refractivity (Wildman–Crippen MR) is 150 cm³/mol. The summed E-state index contributed by atoms with van der Waals surface area (Å²) in [5.74, 6) is 0.733. The van der Waals surface area contributed by atoms with Crippen LogP contribution in [0.1, 0.15) is 41.5 Å². The smallest absolute Gasteiger partial charge is 0.126 e. The van der Waals surface area contributed by atoms with E-state index in [1.54, 1.807) is 19.1 Å². The summed E-state index contributed by atoms with van der Waals surface area (Å²) in [6.07, 6.45) is 7.12. The average molecular weight is 674 g/mol. The van der Waals surface area contributed by atoms with Crippen molar-refractivity contribution in [2.75, 3.05) is 13.1 Å². The van der Waals surface area contributed by atoms with Crippen molar-refractivity contribution in [1.82, 2.24) is 15.5 Å². The van der Waals surface area contributed by atoms with E-state index in [2.05, 4.69) is 52.9 Å². The third-order valence-corrected chi connectivity index (χ3v) is 6.20. The molecule has 4 nitrogen and oxygen atoms in total. The second kappa shape index (κ2) is 18.6. The van der Waals surface area contributed by atoms with Crippen LogP contribution in [0.4, 0.5) is 4.39 Å². The molecule has 1 saturated heterocycles. The monoisotopic (exact) mass is 674 g/mol. The van der Waals surface area contributed by atoms with E-state index in [0.717, 1.165) is 17.0 Å². The minimum atomic E-state index is -0.132. The Labute approximate surface area is 235 Å². The summed E-state index contributed by atoms with van der Waals surface area (Å²) in [4.78, 5) is 0. The number of piperidine rings is 1. The molecule has 1 aliphatic rings. The van der Waals surface area contributed by atoms with E-state index in [1.165, 1.54) is 61.4 Å². The fourth-order valence-corrected chi connectivity index (χ4v) is 4.02. The van der Waals surface area contributed by atoms with E-state index in [1.807, 2.05) is 37.4 Å². The number of nitrogens with one attached hydrogen (secondary N) is 2. The molecular weight excluding hydrogens is 634 g/mol. The predicted octanol–water partition coefficient (Wildman–Crippen LogP) is 6.68. The maximum Gasteiger partial charge on any atom is 0.126 e. The summed E-state index contributed by atoms with van der Waals surface area (Å²) in [6, 6.07) is 22.3. The number of H-pyrrole nitrogens is 1. The molecule has 1 fully saturated rings. The molecule has 0 spiro atoms. The largest absolute Gasteiger partial charge is 0.328 e. The number of rotatable bonds is 4. The molecule has 1 aliphatic heterocycles. The van der Waals surface area contributed by atoms with Gasteiger partial charge in [0.25, 0.3) is 0 Å². The van der Waals surface area contributed by atoms with Gasteiger partial charge in [-0.25, -0.2) is 4.39 Å². The number of fused-ring (bicyclic) bond motifs is 1. The Hall–Kier alpha value is -2.62. The van der Waals surface area contributed by atoms with Gasteiger partial charge in [-0.15, -0.1) is 18.7 Å². The quantitative estimate of drug-likeness (QED) is 0.167. The van der Waals surface area contributed by atoms with E-state index in [0.29, 0.717) is 12.1 Å². The van der Waals surface area contributed by atoms with E-state index in [4.69, 9.17) is 5.73 Å². The number of hydrogen-bond donors (Lipinski definition) is 3. The third-order valence-electron chi connectivity index (χ3n) is 6.20. The molecule has 4 aromatic rings. The summed E-state index contributed by atoms with van der Waals surface area (Å²) in [5.41, 5.74) is 11.0. The SMILES string of the molecule is C=C.Cc1ccc[c-]c1CN.Cc1ccccc1F.[Re].c1cc2[nH]ncc2cc1CCC1CCCNC1. The molecule has 2 heterocycles. The molecular formula is C31H40FN4Re-. The van der Waals surface area contributed by atoms with E-state index in [-0.39, 0.29) is 26.2 Å². The number of aromatic amines is 1. The van der Waals surface area contributed by atoms with Crippen LogP contribution < -0.4 is 11.1 Å². The Morgan fingerprint density at radius 1 is 1.08 bits per heavy atom. The van der Waals surface area contributed by atoms with Gasteiger partial charge in [0.1, 0.15) is 5.82 Å². The number of hydrogen-bond acceptors (Lipinski definition) is 3. The van der Waals surface area contributed by atoms with Crippen LogP contribution in [0.15, 0.2) is 80.0 Å². The Morgan fingerprint density at radius 3 is 2.43 bits per heavy atom. The van der Waals surface area contributed by atoms with Gasteiger partial charge in [-0.05, 0) is 87.5 Å². The van der Waals surface area contributed by atoms with Gasteiger partial charge < -0.3 is 11.1 Å². The van der Waals surface area contributed by atoms with Crippen LogP contribution in [0.25, 0.3) is 10.9 Å². The molecule has 0 amide bonds. The molecule has 1 radical (unpaired) electrons. The van der Waals surface area contributed by atoms with Crippen LogP contribution in [-0.4, -0.2) is 23.3 Å². The summed E-state index contributed by atoms with van der Waals surface area (Å²) in [6.45, 7) is 12.8. The zero-order valence-corrected chi connectivity index (χ0v) is 24.8. The number of nitrogens with two attached hydrogens (primary N) is 1. The van der Waals surface area contributed by atoms with Gasteiger partial charge in [0.2, 0.25) is 0 Å².